The van der Waals surface area contributed by atoms with Gasteiger partial charge in [0.25, 0.3) is 6.43 Å². The maximum absolute atomic E-state index is 12.7. The van der Waals surface area contributed by atoms with E-state index < -0.39 is 13.0 Å². The third kappa shape index (κ3) is 6.25. The number of carbonyl (C=O) groups is 1. The number of amides is 1. The van der Waals surface area contributed by atoms with Crippen molar-refractivity contribution in [1.29, 1.82) is 0 Å². The van der Waals surface area contributed by atoms with Gasteiger partial charge in [-0.3, -0.25) is 4.79 Å². The third-order valence-corrected chi connectivity index (χ3v) is 3.35. The van der Waals surface area contributed by atoms with E-state index in [0.29, 0.717) is 19.8 Å². The summed E-state index contributed by atoms with van der Waals surface area (Å²) in [6, 6.07) is 9.07. The topological polar surface area (TPSA) is 41.6 Å². The van der Waals surface area contributed by atoms with Crippen LogP contribution >= 0.6 is 12.4 Å². The number of halogens is 3. The molecule has 0 aliphatic carbocycles. The van der Waals surface area contributed by atoms with Crippen LogP contribution in [0.3, 0.4) is 0 Å². The van der Waals surface area contributed by atoms with Gasteiger partial charge in [-0.2, -0.15) is 0 Å². The van der Waals surface area contributed by atoms with E-state index >= 15 is 0 Å². The van der Waals surface area contributed by atoms with Gasteiger partial charge in [-0.1, -0.05) is 30.3 Å². The van der Waals surface area contributed by atoms with Gasteiger partial charge in [-0.25, -0.2) is 8.78 Å². The van der Waals surface area contributed by atoms with Crippen LogP contribution in [-0.2, 0) is 16.1 Å². The van der Waals surface area contributed by atoms with Gasteiger partial charge in [-0.05, 0) is 5.56 Å². The van der Waals surface area contributed by atoms with Gasteiger partial charge in [0.2, 0.25) is 5.91 Å². The molecule has 1 aromatic carbocycles. The number of hydrogen-bond acceptors (Lipinski definition) is 3. The third-order valence-electron chi connectivity index (χ3n) is 3.35. The first-order valence-electron chi connectivity index (χ1n) is 7.06. The van der Waals surface area contributed by atoms with Gasteiger partial charge in [-0.15, -0.1) is 12.4 Å². The minimum absolute atomic E-state index is 0. The molecule has 1 saturated heterocycles. The second-order valence-corrected chi connectivity index (χ2v) is 5.08. The van der Waals surface area contributed by atoms with Crippen molar-refractivity contribution in [2.75, 3.05) is 26.3 Å². The zero-order valence-corrected chi connectivity index (χ0v) is 13.0. The summed E-state index contributed by atoms with van der Waals surface area (Å²) in [4.78, 5) is 13.5. The first-order valence-corrected chi connectivity index (χ1v) is 7.06. The molecule has 1 heterocycles. The molecule has 0 radical (unpaired) electrons. The minimum atomic E-state index is -2.53. The summed E-state index contributed by atoms with van der Waals surface area (Å²) < 4.78 is 30.7. The molecule has 1 unspecified atom stereocenters. The van der Waals surface area contributed by atoms with Crippen LogP contribution in [0.4, 0.5) is 8.78 Å². The van der Waals surface area contributed by atoms with E-state index in [4.69, 9.17) is 4.74 Å². The Balaban J connectivity index is 0.00000242. The second-order valence-electron chi connectivity index (χ2n) is 5.08. The fourth-order valence-electron chi connectivity index (χ4n) is 2.32. The Hall–Kier alpha value is -1.24. The van der Waals surface area contributed by atoms with Gasteiger partial charge in [0.15, 0.2) is 0 Å². The van der Waals surface area contributed by atoms with E-state index in [1.54, 1.807) is 0 Å². The van der Waals surface area contributed by atoms with E-state index in [9.17, 15) is 13.6 Å². The van der Waals surface area contributed by atoms with Crippen LogP contribution < -0.4 is 5.32 Å². The van der Waals surface area contributed by atoms with Crippen molar-refractivity contribution in [3.05, 3.63) is 35.9 Å². The van der Waals surface area contributed by atoms with Gasteiger partial charge < -0.3 is 15.0 Å². The lowest BCUT2D eigenvalue weighted by molar-refractivity contribution is -0.135. The van der Waals surface area contributed by atoms with Crippen molar-refractivity contribution in [1.82, 2.24) is 10.2 Å². The molecule has 1 fully saturated rings. The van der Waals surface area contributed by atoms with Crippen molar-refractivity contribution in [3.8, 4) is 0 Å². The molecule has 1 atom stereocenters. The Bertz CT molecular complexity index is 442. The number of ether oxygens (including phenoxy) is 1. The van der Waals surface area contributed by atoms with Crippen LogP contribution in [0.1, 0.15) is 12.0 Å². The minimum Gasteiger partial charge on any atom is -0.378 e. The molecule has 0 saturated carbocycles. The summed E-state index contributed by atoms with van der Waals surface area (Å²) in [5.41, 5.74) is 0.847. The van der Waals surface area contributed by atoms with Gasteiger partial charge in [0.1, 0.15) is 0 Å². The van der Waals surface area contributed by atoms with Crippen LogP contribution in [0.25, 0.3) is 0 Å². The van der Waals surface area contributed by atoms with Gasteiger partial charge in [0.05, 0.1) is 19.8 Å². The van der Waals surface area contributed by atoms with Crippen LogP contribution in [0.5, 0.6) is 0 Å². The van der Waals surface area contributed by atoms with Crippen LogP contribution in [0, 0.1) is 0 Å². The highest BCUT2D eigenvalue weighted by molar-refractivity contribution is 5.85. The lowest BCUT2D eigenvalue weighted by atomic mass is 10.1. The summed E-state index contributed by atoms with van der Waals surface area (Å²) >= 11 is 0. The summed E-state index contributed by atoms with van der Waals surface area (Å²) in [7, 11) is 0. The number of hydrogen-bond donors (Lipinski definition) is 1. The predicted molar refractivity (Wildman–Crippen MR) is 82.3 cm³/mol. The largest absolute Gasteiger partial charge is 0.378 e. The molecule has 0 aromatic heterocycles. The Kier molecular flexibility index (Phi) is 8.30. The van der Waals surface area contributed by atoms with Crippen LogP contribution in [0.15, 0.2) is 30.3 Å². The second kappa shape index (κ2) is 9.71. The zero-order valence-electron chi connectivity index (χ0n) is 12.2. The molecule has 4 nitrogen and oxygen atoms in total. The molecule has 0 bridgehead atoms. The van der Waals surface area contributed by atoms with Gasteiger partial charge in [0, 0.05) is 25.6 Å². The lowest BCUT2D eigenvalue weighted by Gasteiger charge is -2.27. The Labute approximate surface area is 135 Å². The van der Waals surface area contributed by atoms with Crippen molar-refractivity contribution < 1.29 is 18.3 Å². The van der Waals surface area contributed by atoms with E-state index in [-0.39, 0.29) is 37.3 Å². The van der Waals surface area contributed by atoms with E-state index in [1.165, 1.54) is 4.90 Å². The summed E-state index contributed by atoms with van der Waals surface area (Å²) in [5.74, 6) is -0.276. The normalized spacial score (nSPS) is 17.9. The first kappa shape index (κ1) is 18.8. The van der Waals surface area contributed by atoms with Crippen molar-refractivity contribution in [2.24, 2.45) is 0 Å². The standard InChI is InChI=1S/C15H20F2N2O2.ClH/c16-14(17)10-19(9-12-4-2-1-3-5-12)15(20)8-13-11-21-7-6-18-13;/h1-5,13-14,18H,6-11H2;1H. The number of benzene rings is 1. The Morgan fingerprint density at radius 3 is 2.68 bits per heavy atom. The average molecular weight is 335 g/mol. The molecule has 1 amide bonds. The number of nitrogens with one attached hydrogen (secondary N) is 1. The SMILES string of the molecule is Cl.O=C(CC1COCCN1)N(Cc1ccccc1)CC(F)F. The van der Waals surface area contributed by atoms with E-state index in [1.807, 2.05) is 30.3 Å². The number of rotatable bonds is 6. The van der Waals surface area contributed by atoms with Crippen LogP contribution in [-0.4, -0.2) is 49.6 Å². The molecule has 7 heteroatoms. The molecule has 1 N–H and O–H groups in total. The Morgan fingerprint density at radius 2 is 2.09 bits per heavy atom. The highest BCUT2D eigenvalue weighted by Crippen LogP contribution is 2.11. The fourth-order valence-corrected chi connectivity index (χ4v) is 2.32. The highest BCUT2D eigenvalue weighted by atomic mass is 35.5. The molecule has 1 aliphatic rings. The molecule has 1 aromatic rings. The molecule has 22 heavy (non-hydrogen) atoms. The fraction of sp³-hybridized carbons (Fsp3) is 0.533. The molecular formula is C15H21ClF2N2O2. The molecule has 124 valence electrons. The summed E-state index contributed by atoms with van der Waals surface area (Å²) in [5, 5.41) is 3.16. The lowest BCUT2D eigenvalue weighted by Crippen LogP contribution is -2.45. The molecule has 2 rings (SSSR count). The molecule has 1 aliphatic heterocycles. The van der Waals surface area contributed by atoms with E-state index in [0.717, 1.165) is 5.56 Å². The maximum Gasteiger partial charge on any atom is 0.255 e. The maximum atomic E-state index is 12.7. The summed E-state index contributed by atoms with van der Waals surface area (Å²) in [6.07, 6.45) is -2.35. The van der Waals surface area contributed by atoms with Crippen LogP contribution in [0.2, 0.25) is 0 Å². The highest BCUT2D eigenvalue weighted by Gasteiger charge is 2.23. The van der Waals surface area contributed by atoms with Crippen molar-refractivity contribution in [2.45, 2.75) is 25.4 Å². The predicted octanol–water partition coefficient (Wildman–Crippen LogP) is 2.08. The summed E-state index contributed by atoms with van der Waals surface area (Å²) in [6.45, 7) is 1.42. The number of nitrogens with zero attached hydrogens (tertiary/aromatic N) is 1. The number of carbonyl (C=O) groups excluding carboxylic acids is 1. The van der Waals surface area contributed by atoms with Crippen molar-refractivity contribution in [3.63, 3.8) is 0 Å². The van der Waals surface area contributed by atoms with E-state index in [2.05, 4.69) is 5.32 Å². The van der Waals surface area contributed by atoms with Gasteiger partial charge >= 0.3 is 0 Å². The number of morpholine rings is 1. The smallest absolute Gasteiger partial charge is 0.255 e. The number of alkyl halides is 2. The quantitative estimate of drug-likeness (QED) is 0.866. The zero-order chi connectivity index (χ0) is 15.1. The molecular weight excluding hydrogens is 314 g/mol. The average Bonchev–Trinajstić information content (AvgIpc) is 2.48. The Morgan fingerprint density at radius 1 is 1.36 bits per heavy atom. The first-order chi connectivity index (χ1) is 10.1. The van der Waals surface area contributed by atoms with Crippen molar-refractivity contribution >= 4 is 18.3 Å². The monoisotopic (exact) mass is 334 g/mol. The molecule has 0 spiro atoms.